The molecule has 0 aliphatic rings. The van der Waals surface area contributed by atoms with Crippen molar-refractivity contribution in [2.24, 2.45) is 10.7 Å². The van der Waals surface area contributed by atoms with Crippen LogP contribution in [0.1, 0.15) is 18.9 Å². The lowest BCUT2D eigenvalue weighted by atomic mass is 10.1. The summed E-state index contributed by atoms with van der Waals surface area (Å²) in [5.74, 6) is 0.379. The molecule has 0 unspecified atom stereocenters. The maximum absolute atomic E-state index is 11.4. The smallest absolute Gasteiger partial charge is 0.223 e. The fraction of sp³-hybridized carbons (Fsp3) is 0.429. The molecule has 19 heavy (non-hydrogen) atoms. The standard InChI is InChI=1S/C14H22N4O/c1-4-11-6-5-7-12(10-11)17-14(15)16-9-8-13(19)18(2)3/h5-7,10H,4,8-9H2,1-3H3,(H3,15,16,17). The largest absolute Gasteiger partial charge is 0.370 e. The van der Waals surface area contributed by atoms with E-state index in [0.29, 0.717) is 18.9 Å². The minimum Gasteiger partial charge on any atom is -0.370 e. The van der Waals surface area contributed by atoms with E-state index in [1.54, 1.807) is 19.0 Å². The van der Waals surface area contributed by atoms with Crippen LogP contribution in [0.2, 0.25) is 0 Å². The van der Waals surface area contributed by atoms with E-state index < -0.39 is 0 Å². The Morgan fingerprint density at radius 3 is 2.79 bits per heavy atom. The van der Waals surface area contributed by atoms with Gasteiger partial charge in [-0.3, -0.25) is 9.79 Å². The van der Waals surface area contributed by atoms with E-state index in [-0.39, 0.29) is 5.91 Å². The Hall–Kier alpha value is -2.04. The number of hydrogen-bond donors (Lipinski definition) is 2. The van der Waals surface area contributed by atoms with Gasteiger partial charge in [0.25, 0.3) is 0 Å². The summed E-state index contributed by atoms with van der Waals surface area (Å²) >= 11 is 0. The van der Waals surface area contributed by atoms with Crippen molar-refractivity contribution in [2.75, 3.05) is 26.0 Å². The molecule has 0 aliphatic heterocycles. The predicted molar refractivity (Wildman–Crippen MR) is 79.2 cm³/mol. The van der Waals surface area contributed by atoms with Crippen molar-refractivity contribution >= 4 is 17.6 Å². The predicted octanol–water partition coefficient (Wildman–Crippen LogP) is 1.45. The average Bonchev–Trinajstić information content (AvgIpc) is 2.38. The van der Waals surface area contributed by atoms with E-state index in [1.165, 1.54) is 5.56 Å². The molecular formula is C14H22N4O. The first-order chi connectivity index (χ1) is 9.02. The molecule has 0 saturated heterocycles. The van der Waals surface area contributed by atoms with E-state index in [0.717, 1.165) is 12.1 Å². The van der Waals surface area contributed by atoms with E-state index >= 15 is 0 Å². The van der Waals surface area contributed by atoms with Crippen molar-refractivity contribution in [1.82, 2.24) is 4.90 Å². The minimum atomic E-state index is 0.0459. The molecule has 1 aromatic carbocycles. The van der Waals surface area contributed by atoms with E-state index in [9.17, 15) is 4.79 Å². The molecule has 3 N–H and O–H groups in total. The zero-order valence-electron chi connectivity index (χ0n) is 11.8. The molecular weight excluding hydrogens is 240 g/mol. The van der Waals surface area contributed by atoms with Gasteiger partial charge in [-0.15, -0.1) is 0 Å². The molecule has 0 fully saturated rings. The monoisotopic (exact) mass is 262 g/mol. The van der Waals surface area contributed by atoms with Gasteiger partial charge in [0.1, 0.15) is 0 Å². The highest BCUT2D eigenvalue weighted by atomic mass is 16.2. The van der Waals surface area contributed by atoms with Crippen molar-refractivity contribution in [2.45, 2.75) is 19.8 Å². The zero-order chi connectivity index (χ0) is 14.3. The van der Waals surface area contributed by atoms with Crippen LogP contribution < -0.4 is 11.1 Å². The Kier molecular flexibility index (Phi) is 5.85. The summed E-state index contributed by atoms with van der Waals surface area (Å²) in [5.41, 5.74) is 7.93. The number of amides is 1. The third-order valence-electron chi connectivity index (χ3n) is 2.71. The maximum atomic E-state index is 11.4. The summed E-state index contributed by atoms with van der Waals surface area (Å²) in [6, 6.07) is 8.01. The molecule has 5 heteroatoms. The lowest BCUT2D eigenvalue weighted by Crippen LogP contribution is -2.25. The van der Waals surface area contributed by atoms with Gasteiger partial charge in [-0.2, -0.15) is 0 Å². The van der Waals surface area contributed by atoms with E-state index in [2.05, 4.69) is 23.3 Å². The molecule has 0 spiro atoms. The average molecular weight is 262 g/mol. The first-order valence-corrected chi connectivity index (χ1v) is 6.39. The van der Waals surface area contributed by atoms with Crippen LogP contribution in [0.15, 0.2) is 29.3 Å². The fourth-order valence-electron chi connectivity index (χ4n) is 1.55. The minimum absolute atomic E-state index is 0.0459. The van der Waals surface area contributed by atoms with Gasteiger partial charge < -0.3 is 16.0 Å². The highest BCUT2D eigenvalue weighted by Crippen LogP contribution is 2.10. The molecule has 1 aromatic rings. The number of hydrogen-bond acceptors (Lipinski definition) is 2. The SMILES string of the molecule is CCc1cccc(NC(N)=NCCC(=O)N(C)C)c1. The number of rotatable bonds is 5. The van der Waals surface area contributed by atoms with Gasteiger partial charge in [-0.05, 0) is 24.1 Å². The quantitative estimate of drug-likeness (QED) is 0.623. The number of nitrogens with zero attached hydrogens (tertiary/aromatic N) is 2. The molecule has 0 aromatic heterocycles. The molecule has 5 nitrogen and oxygen atoms in total. The van der Waals surface area contributed by atoms with E-state index in [4.69, 9.17) is 5.73 Å². The van der Waals surface area contributed by atoms with Crippen LogP contribution >= 0.6 is 0 Å². The van der Waals surface area contributed by atoms with Gasteiger partial charge >= 0.3 is 0 Å². The number of aliphatic imine (C=N–C) groups is 1. The number of nitrogens with two attached hydrogens (primary N) is 1. The molecule has 1 amide bonds. The maximum Gasteiger partial charge on any atom is 0.223 e. The number of carbonyl (C=O) groups excluding carboxylic acids is 1. The molecule has 0 heterocycles. The zero-order valence-corrected chi connectivity index (χ0v) is 11.8. The van der Waals surface area contributed by atoms with Crippen LogP contribution in [0.25, 0.3) is 0 Å². The molecule has 0 radical (unpaired) electrons. The van der Waals surface area contributed by atoms with Crippen LogP contribution in [0.3, 0.4) is 0 Å². The van der Waals surface area contributed by atoms with Crippen molar-refractivity contribution in [3.8, 4) is 0 Å². The Morgan fingerprint density at radius 1 is 1.42 bits per heavy atom. The summed E-state index contributed by atoms with van der Waals surface area (Å²) in [6.45, 7) is 2.49. The highest BCUT2D eigenvalue weighted by molar-refractivity contribution is 5.92. The molecule has 104 valence electrons. The Balaban J connectivity index is 2.49. The lowest BCUT2D eigenvalue weighted by Gasteiger charge is -2.09. The second kappa shape index (κ2) is 7.41. The number of anilines is 1. The first kappa shape index (κ1) is 15.0. The number of guanidine groups is 1. The van der Waals surface area contributed by atoms with Gasteiger partial charge in [0.2, 0.25) is 5.91 Å². The van der Waals surface area contributed by atoms with Gasteiger partial charge in [0.05, 0.1) is 6.54 Å². The number of nitrogens with one attached hydrogen (secondary N) is 1. The van der Waals surface area contributed by atoms with Crippen LogP contribution in [-0.4, -0.2) is 37.4 Å². The molecule has 0 bridgehead atoms. The second-order valence-electron chi connectivity index (χ2n) is 4.48. The van der Waals surface area contributed by atoms with Gasteiger partial charge in [0.15, 0.2) is 5.96 Å². The molecule has 1 rings (SSSR count). The Bertz CT molecular complexity index is 455. The van der Waals surface area contributed by atoms with Crippen LogP contribution in [0.4, 0.5) is 5.69 Å². The van der Waals surface area contributed by atoms with Gasteiger partial charge in [-0.1, -0.05) is 19.1 Å². The van der Waals surface area contributed by atoms with Crippen LogP contribution in [-0.2, 0) is 11.2 Å². The Labute approximate surface area is 114 Å². The van der Waals surface area contributed by atoms with Crippen LogP contribution in [0, 0.1) is 0 Å². The fourth-order valence-corrected chi connectivity index (χ4v) is 1.55. The first-order valence-electron chi connectivity index (χ1n) is 6.39. The van der Waals surface area contributed by atoms with E-state index in [1.807, 2.05) is 18.2 Å². The third kappa shape index (κ3) is 5.42. The normalized spacial score (nSPS) is 11.2. The number of aryl methyl sites for hydroxylation is 1. The summed E-state index contributed by atoms with van der Waals surface area (Å²) < 4.78 is 0. The van der Waals surface area contributed by atoms with Crippen molar-refractivity contribution in [1.29, 1.82) is 0 Å². The lowest BCUT2D eigenvalue weighted by molar-refractivity contribution is -0.128. The van der Waals surface area contributed by atoms with Crippen molar-refractivity contribution < 1.29 is 4.79 Å². The van der Waals surface area contributed by atoms with Crippen molar-refractivity contribution in [3.63, 3.8) is 0 Å². The van der Waals surface area contributed by atoms with Crippen molar-refractivity contribution in [3.05, 3.63) is 29.8 Å². The number of benzene rings is 1. The highest BCUT2D eigenvalue weighted by Gasteiger charge is 2.02. The number of carbonyl (C=O) groups is 1. The summed E-state index contributed by atoms with van der Waals surface area (Å²) in [7, 11) is 3.45. The Morgan fingerprint density at radius 2 is 2.16 bits per heavy atom. The van der Waals surface area contributed by atoms with Gasteiger partial charge in [-0.25, -0.2) is 0 Å². The molecule has 0 atom stereocenters. The summed E-state index contributed by atoms with van der Waals surface area (Å²) in [5, 5.41) is 3.02. The molecule has 0 aliphatic carbocycles. The van der Waals surface area contributed by atoms with Crippen LogP contribution in [0.5, 0.6) is 0 Å². The summed E-state index contributed by atoms with van der Waals surface area (Å²) in [4.78, 5) is 17.0. The third-order valence-corrected chi connectivity index (χ3v) is 2.71. The van der Waals surface area contributed by atoms with Gasteiger partial charge in [0, 0.05) is 26.2 Å². The molecule has 0 saturated carbocycles. The topological polar surface area (TPSA) is 70.7 Å². The second-order valence-corrected chi connectivity index (χ2v) is 4.48. The summed E-state index contributed by atoms with van der Waals surface area (Å²) in [6.07, 6.45) is 1.34.